The van der Waals surface area contributed by atoms with E-state index in [9.17, 15) is 4.79 Å². The van der Waals surface area contributed by atoms with E-state index in [0.717, 1.165) is 39.1 Å². The molecule has 0 saturated heterocycles. The molecule has 0 aliphatic rings. The zero-order chi connectivity index (χ0) is 19.1. The van der Waals surface area contributed by atoms with Crippen molar-refractivity contribution < 1.29 is 9.53 Å². The predicted octanol–water partition coefficient (Wildman–Crippen LogP) is 4.62. The predicted molar refractivity (Wildman–Crippen MR) is 113 cm³/mol. The van der Waals surface area contributed by atoms with E-state index in [2.05, 4.69) is 28.7 Å². The van der Waals surface area contributed by atoms with Crippen LogP contribution in [0.4, 0.5) is 0 Å². The van der Waals surface area contributed by atoms with Gasteiger partial charge in [0.25, 0.3) is 0 Å². The molecule has 0 aliphatic carbocycles. The minimum atomic E-state index is -0.104. The third-order valence-corrected chi connectivity index (χ3v) is 5.19. The number of nitrogens with zero attached hydrogens (tertiary/aromatic N) is 1. The summed E-state index contributed by atoms with van der Waals surface area (Å²) < 4.78 is 5.14. The number of amides is 1. The number of thioether (sulfide) groups is 1. The molecule has 0 atom stereocenters. The number of benzene rings is 3. The van der Waals surface area contributed by atoms with Gasteiger partial charge in [-0.1, -0.05) is 54.6 Å². The smallest absolute Gasteiger partial charge is 0.250 e. The monoisotopic (exact) mass is 378 g/mol. The maximum absolute atomic E-state index is 12.1. The number of fused-ring (bicyclic) bond motifs is 1. The van der Waals surface area contributed by atoms with Crippen LogP contribution in [0.5, 0.6) is 5.75 Å². The fourth-order valence-corrected chi connectivity index (χ4v) is 3.54. The van der Waals surface area contributed by atoms with Gasteiger partial charge in [0.1, 0.15) is 5.75 Å². The van der Waals surface area contributed by atoms with Gasteiger partial charge in [-0.05, 0) is 35.4 Å². The van der Waals surface area contributed by atoms with Crippen molar-refractivity contribution in [3.05, 3.63) is 77.9 Å². The Morgan fingerprint density at radius 1 is 1.04 bits per heavy atom. The molecule has 0 fully saturated rings. The topological polar surface area (TPSA) is 50.7 Å². The van der Waals surface area contributed by atoms with E-state index in [1.54, 1.807) is 18.9 Å². The molecule has 0 aromatic heterocycles. The summed E-state index contributed by atoms with van der Waals surface area (Å²) in [6, 6.07) is 22.1. The Kier molecular flexibility index (Phi) is 6.49. The summed E-state index contributed by atoms with van der Waals surface area (Å²) in [4.78, 5) is 12.1. The first-order valence-electron chi connectivity index (χ1n) is 8.69. The Hall–Kier alpha value is -2.79. The molecule has 0 aliphatic heterocycles. The molecule has 0 heterocycles. The zero-order valence-corrected chi connectivity index (χ0v) is 16.3. The van der Waals surface area contributed by atoms with Crippen LogP contribution in [0.25, 0.3) is 10.8 Å². The average Bonchev–Trinajstić information content (AvgIpc) is 2.72. The summed E-state index contributed by atoms with van der Waals surface area (Å²) in [7, 11) is 1.65. The molecule has 5 heteroatoms. The van der Waals surface area contributed by atoms with E-state index in [1.165, 1.54) is 0 Å². The highest BCUT2D eigenvalue weighted by atomic mass is 32.2. The average molecular weight is 378 g/mol. The van der Waals surface area contributed by atoms with E-state index < -0.39 is 0 Å². The Labute approximate surface area is 163 Å². The molecule has 4 nitrogen and oxygen atoms in total. The number of nitrogens with one attached hydrogen (secondary N) is 1. The highest BCUT2D eigenvalue weighted by Crippen LogP contribution is 2.19. The molecule has 0 unspecified atom stereocenters. The van der Waals surface area contributed by atoms with Gasteiger partial charge in [-0.15, -0.1) is 11.8 Å². The molecule has 138 valence electrons. The summed E-state index contributed by atoms with van der Waals surface area (Å²) in [6.07, 6.45) is 0. The van der Waals surface area contributed by atoms with Gasteiger partial charge in [0, 0.05) is 11.3 Å². The molecular weight excluding hydrogens is 356 g/mol. The molecule has 0 saturated carbocycles. The van der Waals surface area contributed by atoms with Crippen LogP contribution >= 0.6 is 11.8 Å². The first kappa shape index (κ1) is 19.0. The fraction of sp³-hybridized carbons (Fsp3) is 0.182. The van der Waals surface area contributed by atoms with E-state index in [1.807, 2.05) is 55.5 Å². The van der Waals surface area contributed by atoms with E-state index in [-0.39, 0.29) is 5.91 Å². The lowest BCUT2D eigenvalue weighted by Gasteiger charge is -2.07. The highest BCUT2D eigenvalue weighted by Gasteiger charge is 2.05. The first-order valence-corrected chi connectivity index (χ1v) is 9.85. The Morgan fingerprint density at radius 3 is 2.56 bits per heavy atom. The molecule has 1 amide bonds. The minimum Gasteiger partial charge on any atom is -0.497 e. The number of carbonyl (C=O) groups excluding carboxylic acids is 1. The van der Waals surface area contributed by atoms with E-state index in [4.69, 9.17) is 4.74 Å². The molecule has 0 radical (unpaired) electrons. The molecule has 3 aromatic rings. The molecule has 27 heavy (non-hydrogen) atoms. The third-order valence-electron chi connectivity index (χ3n) is 4.19. The summed E-state index contributed by atoms with van der Waals surface area (Å²) in [5, 5.41) is 6.57. The van der Waals surface area contributed by atoms with Gasteiger partial charge in [-0.25, -0.2) is 5.43 Å². The molecular formula is C22H22N2O2S. The van der Waals surface area contributed by atoms with Crippen molar-refractivity contribution in [3.8, 4) is 5.75 Å². The Morgan fingerprint density at radius 2 is 1.78 bits per heavy atom. The lowest BCUT2D eigenvalue weighted by atomic mass is 10.0. The van der Waals surface area contributed by atoms with Gasteiger partial charge < -0.3 is 4.74 Å². The van der Waals surface area contributed by atoms with Gasteiger partial charge in [-0.2, -0.15) is 5.10 Å². The second-order valence-corrected chi connectivity index (χ2v) is 7.09. The lowest BCUT2D eigenvalue weighted by Crippen LogP contribution is -2.21. The van der Waals surface area contributed by atoms with Crippen LogP contribution in [0, 0.1) is 0 Å². The highest BCUT2D eigenvalue weighted by molar-refractivity contribution is 7.99. The molecule has 1 N–H and O–H groups in total. The fourth-order valence-electron chi connectivity index (χ4n) is 2.76. The number of carbonyl (C=O) groups is 1. The normalized spacial score (nSPS) is 11.4. The first-order chi connectivity index (χ1) is 13.2. The Balaban J connectivity index is 1.54. The second-order valence-electron chi connectivity index (χ2n) is 6.10. The van der Waals surface area contributed by atoms with Crippen LogP contribution < -0.4 is 10.2 Å². The van der Waals surface area contributed by atoms with Crippen molar-refractivity contribution in [2.75, 3.05) is 12.9 Å². The number of methoxy groups -OCH3 is 1. The summed E-state index contributed by atoms with van der Waals surface area (Å²) in [6.45, 7) is 1.91. The zero-order valence-electron chi connectivity index (χ0n) is 15.4. The van der Waals surface area contributed by atoms with Crippen LogP contribution in [0.3, 0.4) is 0 Å². The van der Waals surface area contributed by atoms with Crippen molar-refractivity contribution in [3.63, 3.8) is 0 Å². The third kappa shape index (κ3) is 5.11. The SMILES string of the molecule is COc1ccc(CSCC(=O)N/N=C(/C)c2cccc3ccccc23)cc1. The van der Waals surface area contributed by atoms with Crippen molar-refractivity contribution >= 4 is 34.2 Å². The van der Waals surface area contributed by atoms with E-state index >= 15 is 0 Å². The second kappa shape index (κ2) is 9.24. The van der Waals surface area contributed by atoms with Gasteiger partial charge in [0.05, 0.1) is 18.6 Å². The van der Waals surface area contributed by atoms with E-state index in [0.29, 0.717) is 5.75 Å². The van der Waals surface area contributed by atoms with Crippen LogP contribution in [-0.2, 0) is 10.5 Å². The number of rotatable bonds is 7. The molecule has 0 bridgehead atoms. The largest absolute Gasteiger partial charge is 0.497 e. The molecule has 0 spiro atoms. The summed E-state index contributed by atoms with van der Waals surface area (Å²) in [5.74, 6) is 1.86. The number of hydrazone groups is 1. The minimum absolute atomic E-state index is 0.104. The summed E-state index contributed by atoms with van der Waals surface area (Å²) in [5.41, 5.74) is 5.63. The quantitative estimate of drug-likeness (QED) is 0.482. The van der Waals surface area contributed by atoms with Crippen molar-refractivity contribution in [1.29, 1.82) is 0 Å². The number of ether oxygens (including phenoxy) is 1. The maximum atomic E-state index is 12.1. The Bertz CT molecular complexity index is 947. The van der Waals surface area contributed by atoms with Crippen molar-refractivity contribution in [2.24, 2.45) is 5.10 Å². The van der Waals surface area contributed by atoms with Crippen LogP contribution in [0.2, 0.25) is 0 Å². The summed E-state index contributed by atoms with van der Waals surface area (Å²) >= 11 is 1.56. The van der Waals surface area contributed by atoms with Crippen molar-refractivity contribution in [2.45, 2.75) is 12.7 Å². The number of hydrogen-bond acceptors (Lipinski definition) is 4. The van der Waals surface area contributed by atoms with Crippen LogP contribution in [0.1, 0.15) is 18.1 Å². The maximum Gasteiger partial charge on any atom is 0.250 e. The van der Waals surface area contributed by atoms with Gasteiger partial charge in [0.15, 0.2) is 0 Å². The molecule has 3 aromatic carbocycles. The van der Waals surface area contributed by atoms with Gasteiger partial charge in [-0.3, -0.25) is 4.79 Å². The van der Waals surface area contributed by atoms with Crippen molar-refractivity contribution in [1.82, 2.24) is 5.43 Å². The number of hydrogen-bond donors (Lipinski definition) is 1. The molecule has 3 rings (SSSR count). The van der Waals surface area contributed by atoms with Gasteiger partial charge >= 0.3 is 0 Å². The van der Waals surface area contributed by atoms with Crippen LogP contribution in [0.15, 0.2) is 71.8 Å². The standard InChI is InChI=1S/C22H22N2O2S/c1-16(20-9-5-7-18-6-3-4-8-21(18)20)23-24-22(25)15-27-14-17-10-12-19(26-2)13-11-17/h3-13H,14-15H2,1-2H3,(H,24,25)/b23-16-. The lowest BCUT2D eigenvalue weighted by molar-refractivity contribution is -0.118. The van der Waals surface area contributed by atoms with Crippen LogP contribution in [-0.4, -0.2) is 24.5 Å². The van der Waals surface area contributed by atoms with Gasteiger partial charge in [0.2, 0.25) is 5.91 Å².